The fourth-order valence-corrected chi connectivity index (χ4v) is 3.50. The second kappa shape index (κ2) is 8.67. The molecule has 1 amide bonds. The summed E-state index contributed by atoms with van der Waals surface area (Å²) in [6.07, 6.45) is 1.89. The van der Waals surface area contributed by atoms with Crippen LogP contribution in [-0.2, 0) is 4.74 Å². The molecule has 1 aliphatic rings. The Labute approximate surface area is 161 Å². The quantitative estimate of drug-likeness (QED) is 0.769. The van der Waals surface area contributed by atoms with Crippen LogP contribution < -0.4 is 10.2 Å². The normalized spacial score (nSPS) is 20.0. The number of amides is 1. The number of halogens is 2. The van der Waals surface area contributed by atoms with Crippen LogP contribution in [0.5, 0.6) is 0 Å². The third-order valence-electron chi connectivity index (χ3n) is 4.09. The molecule has 2 atom stereocenters. The van der Waals surface area contributed by atoms with E-state index in [2.05, 4.69) is 15.2 Å². The molecule has 0 spiro atoms. The molecule has 5 nitrogen and oxygen atoms in total. The Kier molecular flexibility index (Phi) is 6.28. The van der Waals surface area contributed by atoms with Gasteiger partial charge < -0.3 is 15.0 Å². The van der Waals surface area contributed by atoms with Crippen molar-refractivity contribution in [3.8, 4) is 0 Å². The first-order valence-corrected chi connectivity index (χ1v) is 9.51. The second-order valence-electron chi connectivity index (χ2n) is 6.42. The molecular weight excluding hydrogens is 372 g/mol. The highest BCUT2D eigenvalue weighted by Gasteiger charge is 2.23. The van der Waals surface area contributed by atoms with Gasteiger partial charge in [-0.2, -0.15) is 8.78 Å². The van der Waals surface area contributed by atoms with Gasteiger partial charge in [0.25, 0.3) is 11.7 Å². The molecule has 1 N–H and O–H groups in total. The van der Waals surface area contributed by atoms with Crippen molar-refractivity contribution in [2.75, 3.05) is 23.3 Å². The number of pyridine rings is 1. The predicted octanol–water partition coefficient (Wildman–Crippen LogP) is 4.26. The summed E-state index contributed by atoms with van der Waals surface area (Å²) in [7, 11) is 0. The number of alkyl halides is 2. The van der Waals surface area contributed by atoms with Crippen LogP contribution in [-0.4, -0.2) is 41.9 Å². The van der Waals surface area contributed by atoms with Crippen LogP contribution in [0.4, 0.5) is 20.3 Å². The van der Waals surface area contributed by atoms with E-state index in [-0.39, 0.29) is 18.1 Å². The van der Waals surface area contributed by atoms with E-state index in [0.29, 0.717) is 27.9 Å². The monoisotopic (exact) mass is 393 g/mol. The van der Waals surface area contributed by atoms with E-state index in [1.165, 1.54) is 24.3 Å². The van der Waals surface area contributed by atoms with Crippen molar-refractivity contribution in [3.63, 3.8) is 0 Å². The minimum Gasteiger partial charge on any atom is -0.372 e. The number of nitrogens with zero attached hydrogens (tertiary/aromatic N) is 2. The minimum atomic E-state index is -2.48. The number of rotatable bonds is 5. The maximum absolute atomic E-state index is 12.3. The maximum atomic E-state index is 12.3. The number of hydrogen-bond acceptors (Lipinski definition) is 5. The topological polar surface area (TPSA) is 54.5 Å². The molecule has 1 saturated heterocycles. The lowest BCUT2D eigenvalue weighted by Gasteiger charge is -2.36. The summed E-state index contributed by atoms with van der Waals surface area (Å²) in [5.41, 5.74) is 0.970. The summed E-state index contributed by atoms with van der Waals surface area (Å²) in [6, 6.07) is 9.73. The first-order chi connectivity index (χ1) is 12.9. The average Bonchev–Trinajstić information content (AvgIpc) is 2.61. The van der Waals surface area contributed by atoms with Gasteiger partial charge in [-0.3, -0.25) is 4.79 Å². The molecular formula is C19H21F2N3O2S. The molecule has 2 aromatic rings. The summed E-state index contributed by atoms with van der Waals surface area (Å²) in [5.74, 6) is -1.96. The molecule has 3 rings (SSSR count). The third kappa shape index (κ3) is 5.40. The summed E-state index contributed by atoms with van der Waals surface area (Å²) in [6.45, 7) is 5.60. The van der Waals surface area contributed by atoms with E-state index >= 15 is 0 Å². The zero-order valence-electron chi connectivity index (χ0n) is 15.1. The van der Waals surface area contributed by atoms with Crippen molar-refractivity contribution in [1.29, 1.82) is 0 Å². The zero-order chi connectivity index (χ0) is 19.4. The van der Waals surface area contributed by atoms with E-state index in [1.807, 2.05) is 19.9 Å². The summed E-state index contributed by atoms with van der Waals surface area (Å²) in [4.78, 5) is 19.3. The molecule has 1 aromatic heterocycles. The lowest BCUT2D eigenvalue weighted by molar-refractivity contribution is -0.00545. The van der Waals surface area contributed by atoms with Crippen molar-refractivity contribution in [2.24, 2.45) is 0 Å². The van der Waals surface area contributed by atoms with Crippen LogP contribution in [0.1, 0.15) is 24.2 Å². The van der Waals surface area contributed by atoms with Crippen LogP contribution in [0.25, 0.3) is 0 Å². The molecule has 1 aliphatic heterocycles. The SMILES string of the molecule is CC1CN(c2ccc(NC(=O)c3ccc(SC(F)F)cc3)cn2)CC(C)O1. The molecule has 1 fully saturated rings. The first kappa shape index (κ1) is 19.6. The van der Waals surface area contributed by atoms with Gasteiger partial charge in [-0.1, -0.05) is 11.8 Å². The van der Waals surface area contributed by atoms with Gasteiger partial charge in [-0.25, -0.2) is 4.98 Å². The molecule has 144 valence electrons. The number of nitrogens with one attached hydrogen (secondary N) is 1. The highest BCUT2D eigenvalue weighted by atomic mass is 32.2. The molecule has 1 aromatic carbocycles. The van der Waals surface area contributed by atoms with E-state index < -0.39 is 5.76 Å². The Hall–Kier alpha value is -2.19. The Morgan fingerprint density at radius 2 is 1.85 bits per heavy atom. The van der Waals surface area contributed by atoms with Gasteiger partial charge in [0.2, 0.25) is 0 Å². The molecule has 0 aliphatic carbocycles. The van der Waals surface area contributed by atoms with Crippen molar-refractivity contribution in [3.05, 3.63) is 48.2 Å². The van der Waals surface area contributed by atoms with Gasteiger partial charge >= 0.3 is 0 Å². The Bertz CT molecular complexity index is 762. The fourth-order valence-electron chi connectivity index (χ4n) is 3.00. The van der Waals surface area contributed by atoms with E-state index in [1.54, 1.807) is 12.3 Å². The van der Waals surface area contributed by atoms with Crippen molar-refractivity contribution >= 4 is 29.2 Å². The number of morpholine rings is 1. The second-order valence-corrected chi connectivity index (χ2v) is 7.49. The van der Waals surface area contributed by atoms with Gasteiger partial charge in [0.15, 0.2) is 0 Å². The number of benzene rings is 1. The summed E-state index contributed by atoms with van der Waals surface area (Å²) < 4.78 is 30.4. The number of thioether (sulfide) groups is 1. The van der Waals surface area contributed by atoms with Gasteiger partial charge in [-0.05, 0) is 50.2 Å². The lowest BCUT2D eigenvalue weighted by atomic mass is 10.2. The van der Waals surface area contributed by atoms with E-state index in [0.717, 1.165) is 18.9 Å². The zero-order valence-corrected chi connectivity index (χ0v) is 15.9. The van der Waals surface area contributed by atoms with Crippen molar-refractivity contribution in [2.45, 2.75) is 36.7 Å². The number of anilines is 2. The molecule has 2 heterocycles. The molecule has 27 heavy (non-hydrogen) atoms. The molecule has 0 radical (unpaired) electrons. The predicted molar refractivity (Wildman–Crippen MR) is 103 cm³/mol. The smallest absolute Gasteiger partial charge is 0.288 e. The first-order valence-electron chi connectivity index (χ1n) is 8.63. The van der Waals surface area contributed by atoms with E-state index in [4.69, 9.17) is 4.74 Å². The highest BCUT2D eigenvalue weighted by molar-refractivity contribution is 7.99. The number of aromatic nitrogens is 1. The highest BCUT2D eigenvalue weighted by Crippen LogP contribution is 2.25. The number of carbonyl (C=O) groups is 1. The van der Waals surface area contributed by atoms with Gasteiger partial charge in [0.1, 0.15) is 5.82 Å². The van der Waals surface area contributed by atoms with E-state index in [9.17, 15) is 13.6 Å². The summed E-state index contributed by atoms with van der Waals surface area (Å²) >= 11 is 0.450. The molecule has 0 saturated carbocycles. The maximum Gasteiger partial charge on any atom is 0.288 e. The van der Waals surface area contributed by atoms with Crippen LogP contribution in [0.2, 0.25) is 0 Å². The fraction of sp³-hybridized carbons (Fsp3) is 0.368. The standard InChI is InChI=1S/C19H21F2N3O2S/c1-12-10-24(11-13(2)26-12)17-8-5-15(9-22-17)23-18(25)14-3-6-16(7-4-14)27-19(20)21/h3-9,12-13,19H,10-11H2,1-2H3,(H,23,25). The number of hydrogen-bond donors (Lipinski definition) is 1. The Morgan fingerprint density at radius 3 is 2.41 bits per heavy atom. The third-order valence-corrected chi connectivity index (χ3v) is 4.81. The molecule has 8 heteroatoms. The summed E-state index contributed by atoms with van der Waals surface area (Å²) in [5, 5.41) is 2.77. The van der Waals surface area contributed by atoms with Crippen LogP contribution in [0.15, 0.2) is 47.5 Å². The van der Waals surface area contributed by atoms with Crippen LogP contribution in [0, 0.1) is 0 Å². The Balaban J connectivity index is 1.61. The Morgan fingerprint density at radius 1 is 1.19 bits per heavy atom. The van der Waals surface area contributed by atoms with Crippen molar-refractivity contribution in [1.82, 2.24) is 4.98 Å². The van der Waals surface area contributed by atoms with Gasteiger partial charge in [0.05, 0.1) is 24.1 Å². The van der Waals surface area contributed by atoms with Crippen molar-refractivity contribution < 1.29 is 18.3 Å². The largest absolute Gasteiger partial charge is 0.372 e. The van der Waals surface area contributed by atoms with Gasteiger partial charge in [0, 0.05) is 23.5 Å². The van der Waals surface area contributed by atoms with Crippen LogP contribution in [0.3, 0.4) is 0 Å². The van der Waals surface area contributed by atoms with Crippen LogP contribution >= 0.6 is 11.8 Å². The molecule has 2 unspecified atom stereocenters. The molecule has 0 bridgehead atoms. The number of ether oxygens (including phenoxy) is 1. The lowest BCUT2D eigenvalue weighted by Crippen LogP contribution is -2.45. The van der Waals surface area contributed by atoms with Gasteiger partial charge in [-0.15, -0.1) is 0 Å². The number of carbonyl (C=O) groups excluding carboxylic acids is 1. The average molecular weight is 393 g/mol. The minimum absolute atomic E-state index is 0.140.